The van der Waals surface area contributed by atoms with Gasteiger partial charge in [0.1, 0.15) is 0 Å². The van der Waals surface area contributed by atoms with E-state index in [1.54, 1.807) is 18.7 Å². The Morgan fingerprint density at radius 1 is 0.684 bits per heavy atom. The van der Waals surface area contributed by atoms with Crippen LogP contribution in [-0.4, -0.2) is 6.88 Å². The molecule has 2 aliphatic rings. The average molecular weight is 635 g/mol. The number of hydrogen-bond acceptors (Lipinski definition) is 0. The molecule has 0 radical (unpaired) electrons. The van der Waals surface area contributed by atoms with Crippen LogP contribution < -0.4 is 9.81 Å². The van der Waals surface area contributed by atoms with E-state index in [9.17, 15) is 0 Å². The molecule has 0 saturated carbocycles. The fourth-order valence-electron chi connectivity index (χ4n) is 7.11. The van der Waals surface area contributed by atoms with Gasteiger partial charge >= 0.3 is 220 Å². The standard InChI is InChI=1S/C15H13.2C7H7.C5H5.2ClH.H2Si.Zr/c1-10-3-5-14-12(7-10)9-13-8-11(2)4-6-15(13)14;2*1-7-5-3-2-4-6-7;1-2-4-5-3-1;;;;/h3-7H,9H2,1-2H3;2*2-3,5-6H,1H3;1-3H,4H2;2*1H;1H2;. The number of benzene rings is 4. The van der Waals surface area contributed by atoms with Crippen molar-refractivity contribution in [3.63, 3.8) is 0 Å². The summed E-state index contributed by atoms with van der Waals surface area (Å²) < 4.78 is 6.47. The summed E-state index contributed by atoms with van der Waals surface area (Å²) in [5.74, 6) is 0. The van der Waals surface area contributed by atoms with Crippen molar-refractivity contribution in [1.29, 1.82) is 0 Å². The first-order valence-electron chi connectivity index (χ1n) is 13.1. The predicted octanol–water partition coefficient (Wildman–Crippen LogP) is 6.69. The Morgan fingerprint density at radius 2 is 1.29 bits per heavy atom. The molecule has 0 nitrogen and oxygen atoms in total. The molecule has 0 heterocycles. The number of allylic oxidation sites excluding steroid dienone is 4. The number of hydrogen-bond donors (Lipinski definition) is 0. The largest absolute Gasteiger partial charge is 0.147 e. The maximum absolute atomic E-state index is 4.33. The molecule has 0 aliphatic heterocycles. The van der Waals surface area contributed by atoms with E-state index in [1.807, 2.05) is 0 Å². The van der Waals surface area contributed by atoms with Crippen LogP contribution in [0, 0.1) is 27.7 Å². The van der Waals surface area contributed by atoms with E-state index in [2.05, 4.69) is 132 Å². The Labute approximate surface area is 242 Å². The quantitative estimate of drug-likeness (QED) is 0.193. The molecule has 6 rings (SSSR count). The summed E-state index contributed by atoms with van der Waals surface area (Å²) in [6, 6.07) is 30.9. The number of rotatable bonds is 4. The van der Waals surface area contributed by atoms with Crippen molar-refractivity contribution in [1.82, 2.24) is 0 Å². The molecule has 38 heavy (non-hydrogen) atoms. The Morgan fingerprint density at radius 3 is 1.87 bits per heavy atom. The van der Waals surface area contributed by atoms with Crippen LogP contribution in [0.3, 0.4) is 0 Å². The zero-order chi connectivity index (χ0) is 25.1. The van der Waals surface area contributed by atoms with E-state index >= 15 is 0 Å². The smallest absolute Gasteiger partial charge is 0.147 e. The Hall–Kier alpha value is -1.96. The van der Waals surface area contributed by atoms with Crippen LogP contribution in [0.2, 0.25) is 0 Å². The molecule has 0 spiro atoms. The first-order valence-corrected chi connectivity index (χ1v) is 23.9. The zero-order valence-corrected chi connectivity index (χ0v) is 28.2. The van der Waals surface area contributed by atoms with E-state index in [0.717, 1.165) is 12.8 Å². The predicted molar refractivity (Wildman–Crippen MR) is 170 cm³/mol. The van der Waals surface area contributed by atoms with Crippen LogP contribution in [0.1, 0.15) is 39.8 Å². The minimum atomic E-state index is -4.33. The average Bonchev–Trinajstić information content (AvgIpc) is 3.52. The van der Waals surface area contributed by atoms with Gasteiger partial charge in [-0.15, -0.1) is 24.8 Å². The van der Waals surface area contributed by atoms with Gasteiger partial charge in [-0.1, -0.05) is 0 Å². The van der Waals surface area contributed by atoms with Gasteiger partial charge in [0.05, 0.1) is 0 Å². The van der Waals surface area contributed by atoms with Gasteiger partial charge in [-0.3, -0.25) is 0 Å². The summed E-state index contributed by atoms with van der Waals surface area (Å²) in [5, 5.41) is 0. The van der Waals surface area contributed by atoms with E-state index < -0.39 is 17.4 Å². The maximum Gasteiger partial charge on any atom is -0.147 e. The van der Waals surface area contributed by atoms with E-state index in [-0.39, 0.29) is 24.8 Å². The van der Waals surface area contributed by atoms with Crippen LogP contribution in [0.5, 0.6) is 0 Å². The maximum atomic E-state index is 2.52. The third kappa shape index (κ3) is 4.11. The Balaban J connectivity index is 0.00000168. The SMILES string of the molecule is Cc1ccc[c]([Zr](=[SiH2])([C]2=CC=CC2)([c]2cccc(C)c2)[c]2c(C)ccc3c2Cc2cc(C)ccc2-3)c1.Cl.Cl. The normalized spacial score (nSPS) is 13.8. The van der Waals surface area contributed by atoms with Gasteiger partial charge in [0.15, 0.2) is 0 Å². The zero-order valence-electron chi connectivity index (χ0n) is 22.7. The van der Waals surface area contributed by atoms with Crippen molar-refractivity contribution in [3.8, 4) is 11.1 Å². The van der Waals surface area contributed by atoms with Crippen molar-refractivity contribution in [3.05, 3.63) is 134 Å². The molecule has 0 aromatic heterocycles. The second-order valence-electron chi connectivity index (χ2n) is 11.1. The molecule has 0 bridgehead atoms. The summed E-state index contributed by atoms with van der Waals surface area (Å²) in [6.45, 7) is 11.5. The monoisotopic (exact) mass is 632 g/mol. The molecule has 2 aliphatic carbocycles. The van der Waals surface area contributed by atoms with E-state index in [4.69, 9.17) is 0 Å². The van der Waals surface area contributed by atoms with Crippen LogP contribution in [0.4, 0.5) is 0 Å². The van der Waals surface area contributed by atoms with Gasteiger partial charge in [0.25, 0.3) is 0 Å². The molecular formula is C34H36Cl2SiZr. The molecular weight excluding hydrogens is 599 g/mol. The molecule has 0 saturated heterocycles. The summed E-state index contributed by atoms with van der Waals surface area (Å²) >= 11 is -4.33. The Kier molecular flexibility index (Phi) is 8.06. The van der Waals surface area contributed by atoms with Gasteiger partial charge in [-0.05, 0) is 0 Å². The van der Waals surface area contributed by atoms with Gasteiger partial charge in [0, 0.05) is 0 Å². The second-order valence-corrected chi connectivity index (χ2v) is 32.3. The molecule has 4 heteroatoms. The topological polar surface area (TPSA) is 0 Å². The number of aryl methyl sites for hydroxylation is 4. The second kappa shape index (κ2) is 10.5. The first kappa shape index (κ1) is 29.0. The van der Waals surface area contributed by atoms with Crippen molar-refractivity contribution < 1.29 is 17.4 Å². The molecule has 4 aromatic carbocycles. The molecule has 0 N–H and O–H groups in total. The molecule has 194 valence electrons. The molecule has 4 aromatic rings. The number of fused-ring (bicyclic) bond motifs is 3. The van der Waals surface area contributed by atoms with Crippen molar-refractivity contribution in [2.24, 2.45) is 0 Å². The summed E-state index contributed by atoms with van der Waals surface area (Å²) in [6.07, 6.45) is 9.24. The van der Waals surface area contributed by atoms with Crippen LogP contribution >= 0.6 is 24.8 Å². The third-order valence-corrected chi connectivity index (χ3v) is 35.0. The van der Waals surface area contributed by atoms with E-state index in [1.165, 1.54) is 38.9 Å². The van der Waals surface area contributed by atoms with Crippen LogP contribution in [0.25, 0.3) is 11.1 Å². The third-order valence-electron chi connectivity index (χ3n) is 8.78. The molecule has 0 fully saturated rings. The van der Waals surface area contributed by atoms with Gasteiger partial charge in [0.2, 0.25) is 0 Å². The molecule has 0 amide bonds. The van der Waals surface area contributed by atoms with Gasteiger partial charge in [-0.2, -0.15) is 0 Å². The minimum absolute atomic E-state index is 0. The van der Waals surface area contributed by atoms with Crippen molar-refractivity contribution >= 4 is 41.5 Å². The molecule has 0 unspecified atom stereocenters. The van der Waals surface area contributed by atoms with Crippen molar-refractivity contribution in [2.75, 3.05) is 0 Å². The minimum Gasteiger partial charge on any atom is -0.147 e. The van der Waals surface area contributed by atoms with Gasteiger partial charge < -0.3 is 0 Å². The summed E-state index contributed by atoms with van der Waals surface area (Å²) in [4.78, 5) is 0. The summed E-state index contributed by atoms with van der Waals surface area (Å²) in [7, 11) is 0. The number of halogens is 2. The van der Waals surface area contributed by atoms with Crippen molar-refractivity contribution in [2.45, 2.75) is 40.5 Å². The first-order chi connectivity index (χ1) is 17.3. The van der Waals surface area contributed by atoms with Gasteiger partial charge in [-0.25, -0.2) is 0 Å². The summed E-state index contributed by atoms with van der Waals surface area (Å²) in [5.41, 5.74) is 11.4. The van der Waals surface area contributed by atoms with Crippen LogP contribution in [-0.2, 0) is 23.8 Å². The fourth-order valence-corrected chi connectivity index (χ4v) is 31.1. The fraction of sp³-hybridized carbons (Fsp3) is 0.176. The van der Waals surface area contributed by atoms with E-state index in [0.29, 0.717) is 0 Å². The van der Waals surface area contributed by atoms with Crippen LogP contribution in [0.15, 0.2) is 100 Å². The Bertz CT molecular complexity index is 1640. The molecule has 0 atom stereocenters.